The van der Waals surface area contributed by atoms with Crippen molar-refractivity contribution in [2.75, 3.05) is 26.7 Å². The number of nitrogens with zero attached hydrogens (tertiary/aromatic N) is 1. The van der Waals surface area contributed by atoms with Crippen molar-refractivity contribution in [2.45, 2.75) is 18.9 Å². The van der Waals surface area contributed by atoms with Gasteiger partial charge in [0, 0.05) is 19.1 Å². The Bertz CT molecular complexity index is 241. The van der Waals surface area contributed by atoms with Gasteiger partial charge >= 0.3 is 12.0 Å². The lowest BCUT2D eigenvalue weighted by Gasteiger charge is -2.15. The van der Waals surface area contributed by atoms with Gasteiger partial charge in [0.1, 0.15) is 6.54 Å². The third-order valence-electron chi connectivity index (χ3n) is 2.32. The molecule has 0 aromatic heterocycles. The minimum atomic E-state index is -1.04. The molecule has 1 rings (SSSR count). The summed E-state index contributed by atoms with van der Waals surface area (Å²) in [5.41, 5.74) is 0. The number of likely N-dealkylation sites (N-methyl/N-ethyl adjacent to an activating group) is 1. The average Bonchev–Trinajstić information content (AvgIpc) is 2.97. The fourth-order valence-electron chi connectivity index (χ4n) is 1.26. The maximum absolute atomic E-state index is 11.0. The zero-order valence-electron chi connectivity index (χ0n) is 8.82. The maximum Gasteiger partial charge on any atom is 0.323 e. The number of amides is 2. The number of nitrogens with one attached hydrogen (secondary N) is 2. The first-order chi connectivity index (χ1) is 7.09. The van der Waals surface area contributed by atoms with Crippen LogP contribution in [0.2, 0.25) is 0 Å². The molecule has 0 heterocycles. The molecule has 6 heteroatoms. The summed E-state index contributed by atoms with van der Waals surface area (Å²) in [7, 11) is 2.02. The Labute approximate surface area is 88.6 Å². The van der Waals surface area contributed by atoms with Crippen LogP contribution < -0.4 is 10.6 Å². The van der Waals surface area contributed by atoms with E-state index < -0.39 is 12.0 Å². The van der Waals surface area contributed by atoms with Crippen LogP contribution in [-0.2, 0) is 4.79 Å². The first kappa shape index (κ1) is 11.8. The minimum Gasteiger partial charge on any atom is -0.480 e. The predicted octanol–water partition coefficient (Wildman–Crippen LogP) is -0.536. The molecule has 0 radical (unpaired) electrons. The summed E-state index contributed by atoms with van der Waals surface area (Å²) in [5, 5.41) is 13.1. The van der Waals surface area contributed by atoms with Gasteiger partial charge < -0.3 is 20.6 Å². The van der Waals surface area contributed by atoms with Crippen molar-refractivity contribution in [3.05, 3.63) is 0 Å². The summed E-state index contributed by atoms with van der Waals surface area (Å²) in [6.07, 6.45) is 2.48. The van der Waals surface area contributed by atoms with E-state index in [9.17, 15) is 9.59 Å². The highest BCUT2D eigenvalue weighted by Gasteiger charge is 2.25. The van der Waals surface area contributed by atoms with Crippen molar-refractivity contribution < 1.29 is 14.7 Å². The SMILES string of the molecule is CN(CCNC(=O)NCC(=O)O)C1CC1. The van der Waals surface area contributed by atoms with Crippen LogP contribution in [-0.4, -0.2) is 54.7 Å². The number of carboxylic acid groups (broad SMARTS) is 1. The molecule has 1 aliphatic rings. The van der Waals surface area contributed by atoms with Gasteiger partial charge in [0.15, 0.2) is 0 Å². The number of hydrogen-bond donors (Lipinski definition) is 3. The lowest BCUT2D eigenvalue weighted by atomic mass is 10.5. The molecule has 86 valence electrons. The number of carboxylic acids is 1. The summed E-state index contributed by atoms with van der Waals surface area (Å²) in [6, 6.07) is 0.246. The lowest BCUT2D eigenvalue weighted by molar-refractivity contribution is -0.135. The summed E-state index contributed by atoms with van der Waals surface area (Å²) in [5.74, 6) is -1.04. The Morgan fingerprint density at radius 1 is 1.40 bits per heavy atom. The van der Waals surface area contributed by atoms with Gasteiger partial charge in [0.05, 0.1) is 0 Å². The van der Waals surface area contributed by atoms with E-state index in [2.05, 4.69) is 15.5 Å². The fourth-order valence-corrected chi connectivity index (χ4v) is 1.26. The molecule has 1 saturated carbocycles. The minimum absolute atomic E-state index is 0.343. The summed E-state index contributed by atoms with van der Waals surface area (Å²) < 4.78 is 0. The van der Waals surface area contributed by atoms with Gasteiger partial charge in [-0.05, 0) is 19.9 Å². The van der Waals surface area contributed by atoms with E-state index in [1.54, 1.807) is 0 Å². The van der Waals surface area contributed by atoms with Crippen molar-refractivity contribution in [3.8, 4) is 0 Å². The quantitative estimate of drug-likeness (QED) is 0.556. The van der Waals surface area contributed by atoms with Crippen molar-refractivity contribution in [1.29, 1.82) is 0 Å². The molecule has 0 aliphatic heterocycles. The molecule has 2 amide bonds. The van der Waals surface area contributed by atoms with Crippen LogP contribution >= 0.6 is 0 Å². The van der Waals surface area contributed by atoms with Gasteiger partial charge in [0.25, 0.3) is 0 Å². The third kappa shape index (κ3) is 5.21. The molecule has 0 aromatic rings. The number of rotatable bonds is 6. The topological polar surface area (TPSA) is 81.7 Å². The van der Waals surface area contributed by atoms with E-state index in [0.29, 0.717) is 12.6 Å². The summed E-state index contributed by atoms with van der Waals surface area (Å²) in [4.78, 5) is 23.3. The number of aliphatic carboxylic acids is 1. The van der Waals surface area contributed by atoms with Crippen molar-refractivity contribution in [2.24, 2.45) is 0 Å². The van der Waals surface area contributed by atoms with Gasteiger partial charge in [-0.25, -0.2) is 4.79 Å². The molecule has 3 N–H and O–H groups in total. The number of hydrogen-bond acceptors (Lipinski definition) is 3. The number of carbonyl (C=O) groups excluding carboxylic acids is 1. The van der Waals surface area contributed by atoms with Gasteiger partial charge in [0.2, 0.25) is 0 Å². The molecule has 1 aliphatic carbocycles. The van der Waals surface area contributed by atoms with E-state index >= 15 is 0 Å². The molecule has 6 nitrogen and oxygen atoms in total. The number of urea groups is 1. The Hall–Kier alpha value is -1.30. The van der Waals surface area contributed by atoms with Crippen molar-refractivity contribution in [3.63, 3.8) is 0 Å². The molecule has 15 heavy (non-hydrogen) atoms. The molecular weight excluding hydrogens is 198 g/mol. The van der Waals surface area contributed by atoms with Crippen LogP contribution in [0, 0.1) is 0 Å². The van der Waals surface area contributed by atoms with E-state index in [-0.39, 0.29) is 6.54 Å². The van der Waals surface area contributed by atoms with Crippen molar-refractivity contribution >= 4 is 12.0 Å². The van der Waals surface area contributed by atoms with E-state index in [1.165, 1.54) is 12.8 Å². The van der Waals surface area contributed by atoms with Crippen LogP contribution in [0.15, 0.2) is 0 Å². The second-order valence-corrected chi connectivity index (χ2v) is 3.71. The van der Waals surface area contributed by atoms with Crippen LogP contribution in [0.5, 0.6) is 0 Å². The van der Waals surface area contributed by atoms with Gasteiger partial charge in [-0.2, -0.15) is 0 Å². The standard InChI is InChI=1S/C9H17N3O3/c1-12(7-2-3-7)5-4-10-9(15)11-6-8(13)14/h7H,2-6H2,1H3,(H,13,14)(H2,10,11,15). The van der Waals surface area contributed by atoms with E-state index in [0.717, 1.165) is 6.54 Å². The predicted molar refractivity (Wildman–Crippen MR) is 54.7 cm³/mol. The Morgan fingerprint density at radius 3 is 2.60 bits per heavy atom. The first-order valence-electron chi connectivity index (χ1n) is 5.03. The molecule has 1 fully saturated rings. The molecule has 0 unspecified atom stereocenters. The molecule has 0 saturated heterocycles. The highest BCUT2D eigenvalue weighted by molar-refractivity contribution is 5.79. The smallest absolute Gasteiger partial charge is 0.323 e. The number of carbonyl (C=O) groups is 2. The Morgan fingerprint density at radius 2 is 2.07 bits per heavy atom. The fraction of sp³-hybridized carbons (Fsp3) is 0.778. The molecular formula is C9H17N3O3. The first-order valence-corrected chi connectivity index (χ1v) is 5.03. The normalized spacial score (nSPS) is 15.1. The zero-order valence-corrected chi connectivity index (χ0v) is 8.82. The van der Waals surface area contributed by atoms with Crippen LogP contribution in [0.3, 0.4) is 0 Å². The van der Waals surface area contributed by atoms with Crippen LogP contribution in [0.1, 0.15) is 12.8 Å². The maximum atomic E-state index is 11.0. The van der Waals surface area contributed by atoms with Gasteiger partial charge in [-0.1, -0.05) is 0 Å². The summed E-state index contributed by atoms with van der Waals surface area (Å²) >= 11 is 0. The molecule has 0 bridgehead atoms. The van der Waals surface area contributed by atoms with E-state index in [1.807, 2.05) is 7.05 Å². The Kier molecular flexibility index (Phi) is 4.36. The second-order valence-electron chi connectivity index (χ2n) is 3.71. The Balaban J connectivity index is 1.98. The van der Waals surface area contributed by atoms with Gasteiger partial charge in [-0.15, -0.1) is 0 Å². The monoisotopic (exact) mass is 215 g/mol. The molecule has 0 aromatic carbocycles. The highest BCUT2D eigenvalue weighted by atomic mass is 16.4. The zero-order chi connectivity index (χ0) is 11.3. The van der Waals surface area contributed by atoms with E-state index in [4.69, 9.17) is 5.11 Å². The molecule has 0 spiro atoms. The highest BCUT2D eigenvalue weighted by Crippen LogP contribution is 2.24. The van der Waals surface area contributed by atoms with Crippen LogP contribution in [0.4, 0.5) is 4.79 Å². The van der Waals surface area contributed by atoms with Crippen molar-refractivity contribution in [1.82, 2.24) is 15.5 Å². The van der Waals surface area contributed by atoms with Crippen LogP contribution in [0.25, 0.3) is 0 Å². The molecule has 0 atom stereocenters. The lowest BCUT2D eigenvalue weighted by Crippen LogP contribution is -2.41. The van der Waals surface area contributed by atoms with Gasteiger partial charge in [-0.3, -0.25) is 4.79 Å². The average molecular weight is 215 g/mol. The third-order valence-corrected chi connectivity index (χ3v) is 2.32. The summed E-state index contributed by atoms with van der Waals surface area (Å²) in [6.45, 7) is 0.994. The largest absolute Gasteiger partial charge is 0.480 e. The second kappa shape index (κ2) is 5.55.